The Kier molecular flexibility index (Phi) is 3.24. The zero-order valence-electron chi connectivity index (χ0n) is 12.7. The van der Waals surface area contributed by atoms with Crippen LogP contribution in [0.25, 0.3) is 10.8 Å². The van der Waals surface area contributed by atoms with Crippen LogP contribution in [0.5, 0.6) is 0 Å². The van der Waals surface area contributed by atoms with Crippen LogP contribution in [0.2, 0.25) is 0 Å². The van der Waals surface area contributed by atoms with Crippen LogP contribution < -0.4 is 0 Å². The second-order valence-corrected chi connectivity index (χ2v) is 5.73. The molecule has 0 spiro atoms. The monoisotopic (exact) mass is 315 g/mol. The molecule has 0 aromatic heterocycles. The van der Waals surface area contributed by atoms with E-state index in [0.29, 0.717) is 16.7 Å². The molecule has 4 heteroatoms. The molecule has 3 aromatic carbocycles. The van der Waals surface area contributed by atoms with E-state index < -0.39 is 11.8 Å². The number of Topliss-reactive ketones (excluding diaryl/α,β-unsaturated/α-hetero) is 1. The van der Waals surface area contributed by atoms with Crippen molar-refractivity contribution in [2.75, 3.05) is 6.54 Å². The SMILES string of the molecule is O=C(CN1C(=O)c2ccccc2C1=O)c1ccc2ccccc2c1. The molecule has 0 bridgehead atoms. The van der Waals surface area contributed by atoms with E-state index in [1.807, 2.05) is 30.3 Å². The fraction of sp³-hybridized carbons (Fsp3) is 0.0500. The highest BCUT2D eigenvalue weighted by atomic mass is 16.2. The zero-order chi connectivity index (χ0) is 16.7. The predicted molar refractivity (Wildman–Crippen MR) is 90.1 cm³/mol. The summed E-state index contributed by atoms with van der Waals surface area (Å²) >= 11 is 0. The van der Waals surface area contributed by atoms with E-state index >= 15 is 0 Å². The number of ketones is 1. The van der Waals surface area contributed by atoms with Gasteiger partial charge in [-0.15, -0.1) is 0 Å². The number of nitrogens with zero attached hydrogens (tertiary/aromatic N) is 1. The van der Waals surface area contributed by atoms with Crippen molar-refractivity contribution in [3.63, 3.8) is 0 Å². The molecule has 24 heavy (non-hydrogen) atoms. The van der Waals surface area contributed by atoms with Gasteiger partial charge in [0.2, 0.25) is 0 Å². The van der Waals surface area contributed by atoms with Gasteiger partial charge in [0.25, 0.3) is 11.8 Å². The molecule has 0 saturated heterocycles. The van der Waals surface area contributed by atoms with Crippen LogP contribution in [-0.4, -0.2) is 29.0 Å². The summed E-state index contributed by atoms with van der Waals surface area (Å²) in [6.07, 6.45) is 0. The van der Waals surface area contributed by atoms with Gasteiger partial charge >= 0.3 is 0 Å². The van der Waals surface area contributed by atoms with Crippen LogP contribution >= 0.6 is 0 Å². The Labute approximate surface area is 138 Å². The van der Waals surface area contributed by atoms with E-state index in [2.05, 4.69) is 0 Å². The summed E-state index contributed by atoms with van der Waals surface area (Å²) < 4.78 is 0. The van der Waals surface area contributed by atoms with E-state index in [1.54, 1.807) is 36.4 Å². The fourth-order valence-electron chi connectivity index (χ4n) is 2.98. The molecule has 0 N–H and O–H groups in total. The first kappa shape index (κ1) is 14.3. The molecule has 2 amide bonds. The van der Waals surface area contributed by atoms with Gasteiger partial charge in [-0.2, -0.15) is 0 Å². The number of imide groups is 1. The number of fused-ring (bicyclic) bond motifs is 2. The maximum Gasteiger partial charge on any atom is 0.261 e. The molecule has 0 atom stereocenters. The lowest BCUT2D eigenvalue weighted by Gasteiger charge is -2.13. The van der Waals surface area contributed by atoms with E-state index in [0.717, 1.165) is 15.7 Å². The minimum Gasteiger partial charge on any atom is -0.292 e. The third-order valence-electron chi connectivity index (χ3n) is 4.25. The Hall–Kier alpha value is -3.27. The number of amides is 2. The summed E-state index contributed by atoms with van der Waals surface area (Å²) in [6, 6.07) is 19.7. The molecular weight excluding hydrogens is 302 g/mol. The van der Waals surface area contributed by atoms with Crippen LogP contribution in [0.3, 0.4) is 0 Å². The van der Waals surface area contributed by atoms with Crippen molar-refractivity contribution in [2.24, 2.45) is 0 Å². The molecule has 1 heterocycles. The van der Waals surface area contributed by atoms with Crippen LogP contribution in [0.4, 0.5) is 0 Å². The molecule has 116 valence electrons. The summed E-state index contributed by atoms with van der Waals surface area (Å²) in [7, 11) is 0. The Morgan fingerprint density at radius 2 is 1.33 bits per heavy atom. The predicted octanol–water partition coefficient (Wildman–Crippen LogP) is 3.32. The number of carbonyl (C=O) groups excluding carboxylic acids is 3. The molecule has 0 aliphatic carbocycles. The summed E-state index contributed by atoms with van der Waals surface area (Å²) in [5, 5.41) is 1.99. The van der Waals surface area contributed by atoms with E-state index in [-0.39, 0.29) is 12.3 Å². The molecule has 3 aromatic rings. The molecule has 4 nitrogen and oxygen atoms in total. The highest BCUT2D eigenvalue weighted by molar-refractivity contribution is 6.23. The summed E-state index contributed by atoms with van der Waals surface area (Å²) in [5.74, 6) is -1.08. The van der Waals surface area contributed by atoms with E-state index in [9.17, 15) is 14.4 Å². The largest absolute Gasteiger partial charge is 0.292 e. The quantitative estimate of drug-likeness (QED) is 0.550. The van der Waals surface area contributed by atoms with Gasteiger partial charge in [-0.25, -0.2) is 0 Å². The smallest absolute Gasteiger partial charge is 0.261 e. The first-order valence-electron chi connectivity index (χ1n) is 7.62. The molecule has 0 fully saturated rings. The Morgan fingerprint density at radius 3 is 2.00 bits per heavy atom. The van der Waals surface area contributed by atoms with E-state index in [4.69, 9.17) is 0 Å². The first-order valence-corrected chi connectivity index (χ1v) is 7.62. The molecule has 0 unspecified atom stereocenters. The Balaban J connectivity index is 1.62. The van der Waals surface area contributed by atoms with Crippen molar-refractivity contribution in [1.29, 1.82) is 0 Å². The number of hydrogen-bond donors (Lipinski definition) is 0. The lowest BCUT2D eigenvalue weighted by molar-refractivity contribution is 0.0624. The van der Waals surface area contributed by atoms with Gasteiger partial charge in [-0.05, 0) is 29.0 Å². The molecule has 0 saturated carbocycles. The van der Waals surface area contributed by atoms with Crippen molar-refractivity contribution in [3.8, 4) is 0 Å². The third kappa shape index (κ3) is 2.20. The summed E-state index contributed by atoms with van der Waals surface area (Å²) in [4.78, 5) is 38.2. The molecule has 4 rings (SSSR count). The first-order chi connectivity index (χ1) is 11.6. The van der Waals surface area contributed by atoms with Crippen LogP contribution in [0.1, 0.15) is 31.1 Å². The minimum atomic E-state index is -0.412. The van der Waals surface area contributed by atoms with E-state index in [1.165, 1.54) is 0 Å². The fourth-order valence-corrected chi connectivity index (χ4v) is 2.98. The normalized spacial score (nSPS) is 13.4. The minimum absolute atomic E-state index is 0.245. The van der Waals surface area contributed by atoms with Crippen molar-refractivity contribution >= 4 is 28.4 Å². The second kappa shape index (κ2) is 5.42. The maximum absolute atomic E-state index is 12.5. The van der Waals surface area contributed by atoms with Crippen molar-refractivity contribution in [1.82, 2.24) is 4.90 Å². The van der Waals surface area contributed by atoms with Crippen LogP contribution in [-0.2, 0) is 0 Å². The number of rotatable bonds is 3. The van der Waals surface area contributed by atoms with Crippen molar-refractivity contribution in [2.45, 2.75) is 0 Å². The lowest BCUT2D eigenvalue weighted by atomic mass is 10.0. The molecule has 1 aliphatic rings. The van der Waals surface area contributed by atoms with Gasteiger partial charge in [0.1, 0.15) is 0 Å². The third-order valence-corrected chi connectivity index (χ3v) is 4.25. The van der Waals surface area contributed by atoms with Gasteiger partial charge < -0.3 is 0 Å². The number of hydrogen-bond acceptors (Lipinski definition) is 3. The molecule has 1 aliphatic heterocycles. The van der Waals surface area contributed by atoms with Gasteiger partial charge in [0, 0.05) is 5.56 Å². The van der Waals surface area contributed by atoms with Crippen molar-refractivity contribution < 1.29 is 14.4 Å². The van der Waals surface area contributed by atoms with Gasteiger partial charge in [-0.3, -0.25) is 19.3 Å². The second-order valence-electron chi connectivity index (χ2n) is 5.73. The zero-order valence-corrected chi connectivity index (χ0v) is 12.7. The highest BCUT2D eigenvalue weighted by Gasteiger charge is 2.36. The summed E-state index contributed by atoms with van der Waals surface area (Å²) in [6.45, 7) is -0.245. The van der Waals surface area contributed by atoms with Gasteiger partial charge in [0.15, 0.2) is 5.78 Å². The average molecular weight is 315 g/mol. The van der Waals surface area contributed by atoms with Crippen molar-refractivity contribution in [3.05, 3.63) is 83.4 Å². The van der Waals surface area contributed by atoms with Crippen LogP contribution in [0.15, 0.2) is 66.7 Å². The standard InChI is InChI=1S/C20H13NO3/c22-18(15-10-9-13-5-1-2-6-14(13)11-15)12-21-19(23)16-7-3-4-8-17(16)20(21)24/h1-11H,12H2. The Bertz CT molecular complexity index is 971. The molecular formula is C20H13NO3. The highest BCUT2D eigenvalue weighted by Crippen LogP contribution is 2.23. The lowest BCUT2D eigenvalue weighted by Crippen LogP contribution is -2.34. The topological polar surface area (TPSA) is 54.5 Å². The van der Waals surface area contributed by atoms with Crippen LogP contribution in [0, 0.1) is 0 Å². The molecule has 0 radical (unpaired) electrons. The summed E-state index contributed by atoms with van der Waals surface area (Å²) in [5.41, 5.74) is 1.20. The van der Waals surface area contributed by atoms with Gasteiger partial charge in [0.05, 0.1) is 17.7 Å². The van der Waals surface area contributed by atoms with Gasteiger partial charge in [-0.1, -0.05) is 48.5 Å². The number of benzene rings is 3. The maximum atomic E-state index is 12.5. The Morgan fingerprint density at radius 1 is 0.750 bits per heavy atom. The average Bonchev–Trinajstić information content (AvgIpc) is 2.86. The number of carbonyl (C=O) groups is 3.